The number of nitrogens with one attached hydrogen (secondary N) is 1. The Labute approximate surface area is 149 Å². The van der Waals surface area contributed by atoms with E-state index < -0.39 is 23.5 Å². The van der Waals surface area contributed by atoms with Crippen LogP contribution in [0.4, 0.5) is 20.2 Å². The third-order valence-corrected chi connectivity index (χ3v) is 4.31. The lowest BCUT2D eigenvalue weighted by atomic mass is 10.1. The first-order valence-electron chi connectivity index (χ1n) is 8.10. The molecule has 1 heterocycles. The average molecular weight is 360 g/mol. The van der Waals surface area contributed by atoms with E-state index >= 15 is 0 Å². The van der Waals surface area contributed by atoms with E-state index in [0.717, 1.165) is 17.7 Å². The maximum Gasteiger partial charge on any atom is 0.229 e. The molecule has 26 heavy (non-hydrogen) atoms. The molecule has 1 unspecified atom stereocenters. The first-order valence-corrected chi connectivity index (χ1v) is 8.10. The van der Waals surface area contributed by atoms with E-state index in [9.17, 15) is 18.4 Å². The van der Waals surface area contributed by atoms with Crippen LogP contribution in [0.1, 0.15) is 12.0 Å². The Morgan fingerprint density at radius 3 is 2.65 bits per heavy atom. The molecule has 1 atom stereocenters. The maximum atomic E-state index is 13.3. The van der Waals surface area contributed by atoms with Crippen molar-refractivity contribution in [3.63, 3.8) is 0 Å². The second-order valence-corrected chi connectivity index (χ2v) is 6.20. The number of methoxy groups -OCH3 is 1. The highest BCUT2D eigenvalue weighted by molar-refractivity contribution is 6.04. The molecule has 0 spiro atoms. The Kier molecular flexibility index (Phi) is 4.88. The summed E-state index contributed by atoms with van der Waals surface area (Å²) in [6.07, 6.45) is 0.0343. The number of hydrogen-bond acceptors (Lipinski definition) is 3. The van der Waals surface area contributed by atoms with Gasteiger partial charge >= 0.3 is 0 Å². The van der Waals surface area contributed by atoms with E-state index in [-0.39, 0.29) is 24.6 Å². The van der Waals surface area contributed by atoms with E-state index in [2.05, 4.69) is 5.32 Å². The van der Waals surface area contributed by atoms with Crippen LogP contribution in [0.5, 0.6) is 5.75 Å². The summed E-state index contributed by atoms with van der Waals surface area (Å²) in [5.74, 6) is -2.70. The molecule has 0 radical (unpaired) electrons. The number of ether oxygens (including phenoxy) is 1. The monoisotopic (exact) mass is 360 g/mol. The number of rotatable bonds is 4. The van der Waals surface area contributed by atoms with Gasteiger partial charge in [0.25, 0.3) is 0 Å². The predicted octanol–water partition coefficient (Wildman–Crippen LogP) is 3.27. The molecule has 0 aromatic heterocycles. The van der Waals surface area contributed by atoms with Gasteiger partial charge in [-0.2, -0.15) is 0 Å². The lowest BCUT2D eigenvalue weighted by Crippen LogP contribution is -2.28. The second kappa shape index (κ2) is 7.11. The van der Waals surface area contributed by atoms with Crippen LogP contribution < -0.4 is 15.0 Å². The number of carbonyl (C=O) groups excluding carboxylic acids is 2. The zero-order chi connectivity index (χ0) is 18.8. The lowest BCUT2D eigenvalue weighted by Gasteiger charge is -2.20. The Morgan fingerprint density at radius 2 is 1.96 bits per heavy atom. The number of amides is 2. The van der Waals surface area contributed by atoms with Crippen molar-refractivity contribution in [2.45, 2.75) is 13.3 Å². The minimum atomic E-state index is -1.04. The van der Waals surface area contributed by atoms with Gasteiger partial charge in [-0.25, -0.2) is 8.78 Å². The number of aryl methyl sites for hydroxylation is 1. The van der Waals surface area contributed by atoms with Gasteiger partial charge in [-0.3, -0.25) is 9.59 Å². The molecule has 0 bridgehead atoms. The standard InChI is InChI=1S/C19H18F2N2O3/c1-11-3-6-17(26-2)16(7-11)23-10-12(8-18(23)24)19(25)22-13-4-5-14(20)15(21)9-13/h3-7,9,12H,8,10H2,1-2H3,(H,22,25). The SMILES string of the molecule is COc1ccc(C)cc1N1CC(C(=O)Nc2ccc(F)c(F)c2)CC1=O. The molecule has 2 aromatic carbocycles. The molecule has 3 rings (SSSR count). The van der Waals surface area contributed by atoms with Crippen LogP contribution in [0.25, 0.3) is 0 Å². The predicted molar refractivity (Wildman–Crippen MR) is 93.2 cm³/mol. The topological polar surface area (TPSA) is 58.6 Å². The number of hydrogen-bond donors (Lipinski definition) is 1. The van der Waals surface area contributed by atoms with Crippen molar-refractivity contribution in [1.29, 1.82) is 0 Å². The molecule has 2 aromatic rings. The van der Waals surface area contributed by atoms with Crippen molar-refractivity contribution in [2.75, 3.05) is 23.9 Å². The number of carbonyl (C=O) groups is 2. The summed E-state index contributed by atoms with van der Waals surface area (Å²) in [5, 5.41) is 2.53. The third-order valence-electron chi connectivity index (χ3n) is 4.31. The molecular formula is C19H18F2N2O3. The fraction of sp³-hybridized carbons (Fsp3) is 0.263. The van der Waals surface area contributed by atoms with Gasteiger partial charge < -0.3 is 15.0 Å². The van der Waals surface area contributed by atoms with Crippen LogP contribution in [0.3, 0.4) is 0 Å². The highest BCUT2D eigenvalue weighted by Gasteiger charge is 2.36. The van der Waals surface area contributed by atoms with E-state index in [1.165, 1.54) is 18.1 Å². The molecule has 1 aliphatic rings. The van der Waals surface area contributed by atoms with Crippen molar-refractivity contribution in [2.24, 2.45) is 5.92 Å². The molecule has 1 saturated heterocycles. The van der Waals surface area contributed by atoms with Crippen molar-refractivity contribution in [3.05, 3.63) is 53.6 Å². The van der Waals surface area contributed by atoms with E-state index in [1.54, 1.807) is 6.07 Å². The first kappa shape index (κ1) is 17.8. The number of benzene rings is 2. The normalized spacial score (nSPS) is 16.7. The van der Waals surface area contributed by atoms with Gasteiger partial charge in [-0.05, 0) is 36.8 Å². The van der Waals surface area contributed by atoms with E-state index in [0.29, 0.717) is 11.4 Å². The number of nitrogens with zero attached hydrogens (tertiary/aromatic N) is 1. The van der Waals surface area contributed by atoms with Crippen molar-refractivity contribution < 1.29 is 23.1 Å². The summed E-state index contributed by atoms with van der Waals surface area (Å²) in [6.45, 7) is 2.09. The van der Waals surface area contributed by atoms with Gasteiger partial charge in [0.15, 0.2) is 11.6 Å². The van der Waals surface area contributed by atoms with Gasteiger partial charge in [0.05, 0.1) is 18.7 Å². The van der Waals surface area contributed by atoms with Crippen LogP contribution in [-0.2, 0) is 9.59 Å². The van der Waals surface area contributed by atoms with E-state index in [4.69, 9.17) is 4.74 Å². The molecule has 1 aliphatic heterocycles. The summed E-state index contributed by atoms with van der Waals surface area (Å²) in [6, 6.07) is 8.59. The molecule has 1 fully saturated rings. The molecule has 0 aliphatic carbocycles. The quantitative estimate of drug-likeness (QED) is 0.910. The molecule has 5 nitrogen and oxygen atoms in total. The summed E-state index contributed by atoms with van der Waals surface area (Å²) in [7, 11) is 1.52. The number of halogens is 2. The molecule has 2 amide bonds. The molecule has 7 heteroatoms. The summed E-state index contributed by atoms with van der Waals surface area (Å²) < 4.78 is 31.6. The van der Waals surface area contributed by atoms with Crippen LogP contribution in [0.2, 0.25) is 0 Å². The van der Waals surface area contributed by atoms with Crippen molar-refractivity contribution >= 4 is 23.2 Å². The van der Waals surface area contributed by atoms with E-state index in [1.807, 2.05) is 19.1 Å². The van der Waals surface area contributed by atoms with Crippen LogP contribution >= 0.6 is 0 Å². The van der Waals surface area contributed by atoms with Crippen LogP contribution in [-0.4, -0.2) is 25.5 Å². The smallest absolute Gasteiger partial charge is 0.229 e. The van der Waals surface area contributed by atoms with Gasteiger partial charge in [-0.15, -0.1) is 0 Å². The summed E-state index contributed by atoms with van der Waals surface area (Å²) >= 11 is 0. The Hall–Kier alpha value is -2.96. The Bertz CT molecular complexity index is 870. The maximum absolute atomic E-state index is 13.3. The first-order chi connectivity index (χ1) is 12.4. The zero-order valence-corrected chi connectivity index (χ0v) is 14.4. The van der Waals surface area contributed by atoms with Crippen molar-refractivity contribution in [1.82, 2.24) is 0 Å². The van der Waals surface area contributed by atoms with Crippen LogP contribution in [0.15, 0.2) is 36.4 Å². The van der Waals surface area contributed by atoms with Crippen molar-refractivity contribution in [3.8, 4) is 5.75 Å². The average Bonchev–Trinajstić information content (AvgIpc) is 3.00. The molecule has 1 N–H and O–H groups in total. The van der Waals surface area contributed by atoms with Gasteiger partial charge in [0.1, 0.15) is 5.75 Å². The Balaban J connectivity index is 1.76. The highest BCUT2D eigenvalue weighted by Crippen LogP contribution is 2.34. The largest absolute Gasteiger partial charge is 0.495 e. The van der Waals surface area contributed by atoms with Crippen LogP contribution in [0, 0.1) is 24.5 Å². The fourth-order valence-corrected chi connectivity index (χ4v) is 2.95. The zero-order valence-electron chi connectivity index (χ0n) is 14.4. The second-order valence-electron chi connectivity index (χ2n) is 6.20. The van der Waals surface area contributed by atoms with Gasteiger partial charge in [0.2, 0.25) is 11.8 Å². The summed E-state index contributed by atoms with van der Waals surface area (Å²) in [4.78, 5) is 26.3. The third kappa shape index (κ3) is 3.51. The highest BCUT2D eigenvalue weighted by atomic mass is 19.2. The molecular weight excluding hydrogens is 342 g/mol. The minimum Gasteiger partial charge on any atom is -0.495 e. The number of anilines is 2. The minimum absolute atomic E-state index is 0.0343. The van der Waals surface area contributed by atoms with Gasteiger partial charge in [0, 0.05) is 24.7 Å². The lowest BCUT2D eigenvalue weighted by molar-refractivity contribution is -0.122. The fourth-order valence-electron chi connectivity index (χ4n) is 2.95. The Morgan fingerprint density at radius 1 is 1.19 bits per heavy atom. The summed E-state index contributed by atoms with van der Waals surface area (Å²) in [5.41, 5.74) is 1.72. The molecule has 0 saturated carbocycles. The molecule has 136 valence electrons. The van der Waals surface area contributed by atoms with Gasteiger partial charge in [-0.1, -0.05) is 6.07 Å².